The van der Waals surface area contributed by atoms with Crippen molar-refractivity contribution in [3.05, 3.63) is 33.9 Å². The Labute approximate surface area is 124 Å². The van der Waals surface area contributed by atoms with Gasteiger partial charge in [0.1, 0.15) is 6.07 Å². The molecule has 1 aliphatic rings. The molecule has 1 atom stereocenters. The monoisotopic (exact) mass is 288 g/mol. The summed E-state index contributed by atoms with van der Waals surface area (Å²) in [5.74, 6) is 0.505. The number of rotatable bonds is 5. The Bertz CT molecular complexity index is 547. The van der Waals surface area contributed by atoms with E-state index < -0.39 is 4.92 Å². The minimum Gasteiger partial charge on any atom is -0.380 e. The fraction of sp³-hybridized carbons (Fsp3) is 0.533. The molecule has 0 aliphatic heterocycles. The molecule has 0 spiro atoms. The fourth-order valence-corrected chi connectivity index (χ4v) is 2.97. The first-order valence-corrected chi connectivity index (χ1v) is 7.31. The Morgan fingerprint density at radius 1 is 1.43 bits per heavy atom. The van der Waals surface area contributed by atoms with Gasteiger partial charge in [-0.1, -0.05) is 19.3 Å². The third-order valence-corrected chi connectivity index (χ3v) is 4.15. The summed E-state index contributed by atoms with van der Waals surface area (Å²) in [5.41, 5.74) is 6.72. The molecule has 0 bridgehead atoms. The van der Waals surface area contributed by atoms with Crippen molar-refractivity contribution in [3.63, 3.8) is 0 Å². The van der Waals surface area contributed by atoms with Crippen molar-refractivity contribution < 1.29 is 4.92 Å². The van der Waals surface area contributed by atoms with Crippen LogP contribution in [0.5, 0.6) is 0 Å². The first kappa shape index (κ1) is 15.3. The molecule has 21 heavy (non-hydrogen) atoms. The molecule has 1 aromatic rings. The van der Waals surface area contributed by atoms with Crippen LogP contribution in [-0.2, 0) is 0 Å². The van der Waals surface area contributed by atoms with E-state index in [9.17, 15) is 15.4 Å². The van der Waals surface area contributed by atoms with E-state index in [1.165, 1.54) is 31.4 Å². The van der Waals surface area contributed by atoms with Crippen molar-refractivity contribution in [2.45, 2.75) is 38.1 Å². The minimum atomic E-state index is -0.494. The van der Waals surface area contributed by atoms with Crippen molar-refractivity contribution in [2.75, 3.05) is 11.9 Å². The molecule has 0 radical (unpaired) electrons. The van der Waals surface area contributed by atoms with Crippen LogP contribution in [0, 0.1) is 27.4 Å². The highest BCUT2D eigenvalue weighted by Crippen LogP contribution is 2.29. The summed E-state index contributed by atoms with van der Waals surface area (Å²) in [7, 11) is 0. The van der Waals surface area contributed by atoms with Gasteiger partial charge < -0.3 is 11.1 Å². The molecular formula is C15H20N4O2. The summed E-state index contributed by atoms with van der Waals surface area (Å²) in [6.45, 7) is 0.493. The maximum Gasteiger partial charge on any atom is 0.270 e. The van der Waals surface area contributed by atoms with E-state index in [0.717, 1.165) is 12.8 Å². The summed E-state index contributed by atoms with van der Waals surface area (Å²) >= 11 is 0. The van der Waals surface area contributed by atoms with Gasteiger partial charge >= 0.3 is 0 Å². The lowest BCUT2D eigenvalue weighted by Crippen LogP contribution is -2.37. The second-order valence-electron chi connectivity index (χ2n) is 5.48. The van der Waals surface area contributed by atoms with Gasteiger partial charge in [-0.2, -0.15) is 5.26 Å². The highest BCUT2D eigenvalue weighted by atomic mass is 16.6. The number of nitrogens with one attached hydrogen (secondary N) is 1. The van der Waals surface area contributed by atoms with Gasteiger partial charge in [-0.15, -0.1) is 0 Å². The zero-order chi connectivity index (χ0) is 15.2. The van der Waals surface area contributed by atoms with E-state index in [1.54, 1.807) is 6.07 Å². The van der Waals surface area contributed by atoms with Gasteiger partial charge in [-0.3, -0.25) is 10.1 Å². The third kappa shape index (κ3) is 3.70. The molecule has 6 heteroatoms. The second kappa shape index (κ2) is 7.04. The van der Waals surface area contributed by atoms with Gasteiger partial charge in [0.05, 0.1) is 16.2 Å². The smallest absolute Gasteiger partial charge is 0.270 e. The number of nitriles is 1. The van der Waals surface area contributed by atoms with Crippen LogP contribution in [0.15, 0.2) is 18.2 Å². The summed E-state index contributed by atoms with van der Waals surface area (Å²) < 4.78 is 0. The second-order valence-corrected chi connectivity index (χ2v) is 5.48. The van der Waals surface area contributed by atoms with Gasteiger partial charge in [-0.25, -0.2) is 0 Å². The van der Waals surface area contributed by atoms with Crippen molar-refractivity contribution in [2.24, 2.45) is 11.7 Å². The molecule has 6 nitrogen and oxygen atoms in total. The van der Waals surface area contributed by atoms with Crippen LogP contribution in [0.1, 0.15) is 37.7 Å². The predicted octanol–water partition coefficient (Wildman–Crippen LogP) is 2.79. The molecule has 1 fully saturated rings. The Morgan fingerprint density at radius 2 is 2.14 bits per heavy atom. The first-order valence-electron chi connectivity index (χ1n) is 7.31. The number of nitrogens with two attached hydrogens (primary N) is 1. The Balaban J connectivity index is 2.17. The van der Waals surface area contributed by atoms with Crippen LogP contribution in [-0.4, -0.2) is 17.5 Å². The fourth-order valence-electron chi connectivity index (χ4n) is 2.97. The number of non-ortho nitro benzene ring substituents is 1. The van der Waals surface area contributed by atoms with Crippen molar-refractivity contribution in [1.29, 1.82) is 5.26 Å². The normalized spacial score (nSPS) is 17.0. The number of hydrogen-bond acceptors (Lipinski definition) is 5. The van der Waals surface area contributed by atoms with E-state index in [0.29, 0.717) is 23.7 Å². The lowest BCUT2D eigenvalue weighted by atomic mass is 9.83. The number of nitrogens with zero attached hydrogens (tertiary/aromatic N) is 2. The van der Waals surface area contributed by atoms with Crippen molar-refractivity contribution >= 4 is 11.4 Å². The van der Waals surface area contributed by atoms with Gasteiger partial charge in [0.25, 0.3) is 5.69 Å². The van der Waals surface area contributed by atoms with Crippen molar-refractivity contribution in [3.8, 4) is 6.07 Å². The molecule has 1 unspecified atom stereocenters. The number of hydrogen-bond donors (Lipinski definition) is 2. The van der Waals surface area contributed by atoms with Crippen LogP contribution in [0.3, 0.4) is 0 Å². The van der Waals surface area contributed by atoms with E-state index in [2.05, 4.69) is 5.32 Å². The van der Waals surface area contributed by atoms with E-state index >= 15 is 0 Å². The number of anilines is 1. The third-order valence-electron chi connectivity index (χ3n) is 4.15. The highest BCUT2D eigenvalue weighted by molar-refractivity contribution is 5.61. The summed E-state index contributed by atoms with van der Waals surface area (Å²) in [6, 6.07) is 6.44. The van der Waals surface area contributed by atoms with Gasteiger partial charge in [-0.05, 0) is 24.8 Å². The minimum absolute atomic E-state index is 0.0703. The zero-order valence-electron chi connectivity index (χ0n) is 11.9. The highest BCUT2D eigenvalue weighted by Gasteiger charge is 2.23. The summed E-state index contributed by atoms with van der Waals surface area (Å²) in [5, 5.41) is 23.3. The van der Waals surface area contributed by atoms with E-state index in [4.69, 9.17) is 5.73 Å². The molecule has 0 amide bonds. The molecule has 2 rings (SSSR count). The zero-order valence-corrected chi connectivity index (χ0v) is 11.9. The SMILES string of the molecule is N#Cc1cc([N+](=O)[O-])ccc1NC(CN)C1CCCCC1. The number of benzene rings is 1. The van der Waals surface area contributed by atoms with Crippen LogP contribution in [0.25, 0.3) is 0 Å². The Hall–Kier alpha value is -2.13. The van der Waals surface area contributed by atoms with E-state index in [-0.39, 0.29) is 11.7 Å². The molecule has 0 aromatic heterocycles. The molecule has 3 N–H and O–H groups in total. The molecule has 1 saturated carbocycles. The maximum absolute atomic E-state index is 10.8. The van der Waals surface area contributed by atoms with Crippen molar-refractivity contribution in [1.82, 2.24) is 0 Å². The largest absolute Gasteiger partial charge is 0.380 e. The van der Waals surface area contributed by atoms with Gasteiger partial charge in [0, 0.05) is 24.7 Å². The number of nitro benzene ring substituents is 1. The number of nitro groups is 1. The van der Waals surface area contributed by atoms with Crippen LogP contribution in [0.2, 0.25) is 0 Å². The van der Waals surface area contributed by atoms with Gasteiger partial charge in [0.2, 0.25) is 0 Å². The van der Waals surface area contributed by atoms with Gasteiger partial charge in [0.15, 0.2) is 0 Å². The Morgan fingerprint density at radius 3 is 2.71 bits per heavy atom. The molecule has 0 saturated heterocycles. The topological polar surface area (TPSA) is 105 Å². The van der Waals surface area contributed by atoms with Crippen LogP contribution < -0.4 is 11.1 Å². The predicted molar refractivity (Wildman–Crippen MR) is 80.9 cm³/mol. The van der Waals surface area contributed by atoms with Crippen LogP contribution in [0.4, 0.5) is 11.4 Å². The average Bonchev–Trinajstić information content (AvgIpc) is 2.53. The average molecular weight is 288 g/mol. The molecule has 0 heterocycles. The summed E-state index contributed by atoms with van der Waals surface area (Å²) in [4.78, 5) is 10.3. The Kier molecular flexibility index (Phi) is 5.12. The lowest BCUT2D eigenvalue weighted by molar-refractivity contribution is -0.384. The molecule has 1 aromatic carbocycles. The lowest BCUT2D eigenvalue weighted by Gasteiger charge is -2.31. The molecule has 1 aliphatic carbocycles. The standard InChI is InChI=1S/C15H20N4O2/c16-9-12-8-13(19(20)21)6-7-14(12)18-15(10-17)11-4-2-1-3-5-11/h6-8,11,15,18H,1-5,10,17H2. The summed E-state index contributed by atoms with van der Waals surface area (Å²) in [6.07, 6.45) is 5.99. The quantitative estimate of drug-likeness (QED) is 0.640. The van der Waals surface area contributed by atoms with E-state index in [1.807, 2.05) is 6.07 Å². The first-order chi connectivity index (χ1) is 10.2. The van der Waals surface area contributed by atoms with Crippen LogP contribution >= 0.6 is 0 Å². The maximum atomic E-state index is 10.8. The molecular weight excluding hydrogens is 268 g/mol. The molecule has 112 valence electrons.